The Kier molecular flexibility index (Phi) is 10.6. The number of nitrogens with one attached hydrogen (secondary N) is 3. The summed E-state index contributed by atoms with van der Waals surface area (Å²) in [4.78, 5) is 50.2. The van der Waals surface area contributed by atoms with Crippen LogP contribution in [0.2, 0.25) is 0 Å². The number of rotatable bonds is 10. The van der Waals surface area contributed by atoms with Gasteiger partial charge in [-0.2, -0.15) is 0 Å². The average Bonchev–Trinajstić information content (AvgIpc) is 3.39. The van der Waals surface area contributed by atoms with Crippen LogP contribution in [0.5, 0.6) is 5.75 Å². The Labute approximate surface area is 243 Å². The number of methoxy groups -OCH3 is 1. The van der Waals surface area contributed by atoms with Crippen LogP contribution in [0.3, 0.4) is 0 Å². The molecule has 0 saturated heterocycles. The van der Waals surface area contributed by atoms with Crippen molar-refractivity contribution in [1.82, 2.24) is 15.9 Å². The molecule has 13 nitrogen and oxygen atoms in total. The first-order valence-corrected chi connectivity index (χ1v) is 13.2. The Morgan fingerprint density at radius 3 is 2.21 bits per heavy atom. The number of carbonyl (C=O) groups is 4. The summed E-state index contributed by atoms with van der Waals surface area (Å²) in [5.41, 5.74) is 0.596. The first kappa shape index (κ1) is 31.6. The number of amides is 3. The van der Waals surface area contributed by atoms with Crippen molar-refractivity contribution in [3.63, 3.8) is 0 Å². The van der Waals surface area contributed by atoms with Gasteiger partial charge in [-0.05, 0) is 49.1 Å². The number of benzene rings is 2. The standard InChI is InChI=1S/C29H35N5O8/c1-18(2)24(26(36)39-6)32-25(35)22(30-28(38)41-29(3,4)5)16-19-12-14-21(15-13-19)40-27(37)31-23-17-34(33-42-23)20-10-8-7-9-11-20/h7-15,17-18,22,24H,16H2,1-6H3,(H2-,30,31,32,33,35,37,38)/p+1/t22-,24-/m0/s1. The van der Waals surface area contributed by atoms with E-state index in [0.717, 1.165) is 5.69 Å². The van der Waals surface area contributed by atoms with Gasteiger partial charge >= 0.3 is 24.0 Å². The van der Waals surface area contributed by atoms with Crippen molar-refractivity contribution >= 4 is 29.9 Å². The van der Waals surface area contributed by atoms with Crippen molar-refractivity contribution in [3.8, 4) is 11.4 Å². The maximum atomic E-state index is 13.2. The van der Waals surface area contributed by atoms with Gasteiger partial charge < -0.3 is 24.8 Å². The van der Waals surface area contributed by atoms with Gasteiger partial charge in [-0.25, -0.2) is 14.4 Å². The predicted octanol–water partition coefficient (Wildman–Crippen LogP) is 3.31. The van der Waals surface area contributed by atoms with E-state index < -0.39 is 41.7 Å². The monoisotopic (exact) mass is 582 g/mol. The molecule has 3 rings (SSSR count). The molecule has 0 bridgehead atoms. The van der Waals surface area contributed by atoms with Gasteiger partial charge in [-0.3, -0.25) is 14.6 Å². The molecule has 0 aliphatic rings. The summed E-state index contributed by atoms with van der Waals surface area (Å²) in [5, 5.41) is 11.5. The maximum absolute atomic E-state index is 13.2. The predicted molar refractivity (Wildman–Crippen MR) is 150 cm³/mol. The third kappa shape index (κ3) is 9.61. The zero-order valence-electron chi connectivity index (χ0n) is 24.4. The van der Waals surface area contributed by atoms with Crippen LogP contribution in [0.15, 0.2) is 65.3 Å². The minimum absolute atomic E-state index is 0.0566. The van der Waals surface area contributed by atoms with E-state index in [1.807, 2.05) is 30.3 Å². The highest BCUT2D eigenvalue weighted by Crippen LogP contribution is 2.16. The smallest absolute Gasteiger partial charge is 0.419 e. The summed E-state index contributed by atoms with van der Waals surface area (Å²) in [6.45, 7) is 8.62. The Morgan fingerprint density at radius 1 is 0.952 bits per heavy atom. The van der Waals surface area contributed by atoms with Gasteiger partial charge in [0.1, 0.15) is 23.4 Å². The fourth-order valence-corrected chi connectivity index (χ4v) is 3.70. The number of carbonyl (C=O) groups excluding carboxylic acids is 4. The lowest BCUT2D eigenvalue weighted by Gasteiger charge is -2.26. The molecule has 1 aromatic heterocycles. The van der Waals surface area contributed by atoms with Gasteiger partial charge in [0.15, 0.2) is 0 Å². The molecule has 0 aliphatic heterocycles. The molecule has 3 N–H and O–H groups in total. The fraction of sp³-hybridized carbons (Fsp3) is 0.379. The molecule has 224 valence electrons. The molecule has 0 spiro atoms. The molecule has 42 heavy (non-hydrogen) atoms. The fourth-order valence-electron chi connectivity index (χ4n) is 3.70. The first-order chi connectivity index (χ1) is 19.8. The van der Waals surface area contributed by atoms with Crippen molar-refractivity contribution in [1.29, 1.82) is 0 Å². The van der Waals surface area contributed by atoms with Crippen molar-refractivity contribution < 1.29 is 42.6 Å². The lowest BCUT2D eigenvalue weighted by atomic mass is 10.0. The molecule has 0 fully saturated rings. The van der Waals surface area contributed by atoms with E-state index in [1.54, 1.807) is 46.8 Å². The number of ether oxygens (including phenoxy) is 3. The second-order valence-corrected chi connectivity index (χ2v) is 10.7. The third-order valence-electron chi connectivity index (χ3n) is 5.71. The van der Waals surface area contributed by atoms with Gasteiger partial charge in [0.25, 0.3) is 6.20 Å². The molecule has 2 atom stereocenters. The largest absolute Gasteiger partial charge is 0.467 e. The van der Waals surface area contributed by atoms with Crippen LogP contribution >= 0.6 is 0 Å². The van der Waals surface area contributed by atoms with Crippen molar-refractivity contribution in [2.75, 3.05) is 12.4 Å². The first-order valence-electron chi connectivity index (χ1n) is 13.2. The van der Waals surface area contributed by atoms with Gasteiger partial charge in [-0.1, -0.05) is 44.2 Å². The molecular weight excluding hydrogens is 546 g/mol. The van der Waals surface area contributed by atoms with E-state index in [0.29, 0.717) is 5.56 Å². The molecule has 0 saturated carbocycles. The summed E-state index contributed by atoms with van der Waals surface area (Å²) >= 11 is 0. The average molecular weight is 583 g/mol. The molecule has 3 aromatic rings. The maximum Gasteiger partial charge on any atom is 0.419 e. The SMILES string of the molecule is COC(=O)[C@@H](NC(=O)[C@H](Cc1ccc(OC(=O)Nc2c[n+](-c3ccccc3)no2)cc1)NC(=O)OC(C)(C)C)C(C)C. The van der Waals surface area contributed by atoms with Crippen LogP contribution in [-0.2, 0) is 25.5 Å². The molecule has 2 aromatic carbocycles. The summed E-state index contributed by atoms with van der Waals surface area (Å²) < 4.78 is 22.0. The Hall–Kier alpha value is -4.94. The van der Waals surface area contributed by atoms with E-state index >= 15 is 0 Å². The van der Waals surface area contributed by atoms with Crippen molar-refractivity contribution in [3.05, 3.63) is 66.4 Å². The second-order valence-electron chi connectivity index (χ2n) is 10.7. The van der Waals surface area contributed by atoms with Crippen LogP contribution in [0, 0.1) is 5.92 Å². The normalized spacial score (nSPS) is 12.5. The van der Waals surface area contributed by atoms with E-state index in [9.17, 15) is 19.2 Å². The number of aromatic nitrogens is 2. The molecule has 13 heteroatoms. The summed E-state index contributed by atoms with van der Waals surface area (Å²) in [7, 11) is 1.23. The Balaban J connectivity index is 1.66. The molecule has 1 heterocycles. The number of esters is 1. The van der Waals surface area contributed by atoms with Crippen LogP contribution in [-0.4, -0.2) is 54.1 Å². The lowest BCUT2D eigenvalue weighted by molar-refractivity contribution is -0.670. The zero-order chi connectivity index (χ0) is 30.9. The quantitative estimate of drug-likeness (QED) is 0.240. The number of hydrogen-bond acceptors (Lipinski definition) is 9. The van der Waals surface area contributed by atoms with E-state index in [-0.39, 0.29) is 24.0 Å². The Morgan fingerprint density at radius 2 is 1.62 bits per heavy atom. The van der Waals surface area contributed by atoms with Crippen molar-refractivity contribution in [2.24, 2.45) is 5.92 Å². The molecule has 0 radical (unpaired) electrons. The summed E-state index contributed by atoms with van der Waals surface area (Å²) in [6.07, 6.45) is -0.0434. The number of hydrogen-bond donors (Lipinski definition) is 3. The lowest BCUT2D eigenvalue weighted by Crippen LogP contribution is -2.54. The number of para-hydroxylation sites is 1. The van der Waals surface area contributed by atoms with Crippen LogP contribution in [0.4, 0.5) is 15.5 Å². The molecule has 0 aliphatic carbocycles. The molecule has 0 unspecified atom stereocenters. The van der Waals surface area contributed by atoms with Crippen LogP contribution in [0.25, 0.3) is 5.69 Å². The van der Waals surface area contributed by atoms with Gasteiger partial charge in [0.2, 0.25) is 16.9 Å². The molecule has 3 amide bonds. The van der Waals surface area contributed by atoms with Crippen LogP contribution in [0.1, 0.15) is 40.2 Å². The highest BCUT2D eigenvalue weighted by molar-refractivity contribution is 5.90. The number of anilines is 1. The zero-order valence-corrected chi connectivity index (χ0v) is 24.4. The van der Waals surface area contributed by atoms with Crippen LogP contribution < -0.4 is 25.4 Å². The minimum atomic E-state index is -1.08. The van der Waals surface area contributed by atoms with Crippen molar-refractivity contribution in [2.45, 2.75) is 58.7 Å². The topological polar surface area (TPSA) is 162 Å². The van der Waals surface area contributed by atoms with E-state index in [4.69, 9.17) is 18.7 Å². The highest BCUT2D eigenvalue weighted by atomic mass is 16.6. The number of alkyl carbamates (subject to hydrolysis) is 1. The Bertz CT molecular complexity index is 1370. The van der Waals surface area contributed by atoms with Gasteiger partial charge in [-0.15, -0.1) is 0 Å². The van der Waals surface area contributed by atoms with E-state index in [1.165, 1.54) is 30.1 Å². The third-order valence-corrected chi connectivity index (χ3v) is 5.71. The number of nitrogens with zero attached hydrogens (tertiary/aromatic N) is 2. The highest BCUT2D eigenvalue weighted by Gasteiger charge is 2.30. The summed E-state index contributed by atoms with van der Waals surface area (Å²) in [5.74, 6) is -1.15. The minimum Gasteiger partial charge on any atom is -0.467 e. The van der Waals surface area contributed by atoms with Gasteiger partial charge in [0, 0.05) is 18.6 Å². The summed E-state index contributed by atoms with van der Waals surface area (Å²) in [6, 6.07) is 13.6. The van der Waals surface area contributed by atoms with E-state index in [2.05, 4.69) is 21.2 Å². The molecular formula is C29H36N5O8+. The second kappa shape index (κ2) is 14.1. The van der Waals surface area contributed by atoms with Gasteiger partial charge in [0.05, 0.1) is 7.11 Å².